The molecule has 2 amide bonds. The molecule has 1 aliphatic rings. The van der Waals surface area contributed by atoms with E-state index in [1.807, 2.05) is 30.3 Å². The van der Waals surface area contributed by atoms with E-state index in [4.69, 9.17) is 16.3 Å². The maximum Gasteiger partial charge on any atom is 0.259 e. The van der Waals surface area contributed by atoms with E-state index in [1.54, 1.807) is 42.5 Å². The standard InChI is InChI=1S/C23H19ClN2O3/c24-20-14-16(12-13-18(20)22(27)25-15-10-11-15)26-23(28)19-8-4-5-9-21(19)29-17-6-2-1-3-7-17/h1-9,12-15H,10-11H2,(H,25,27)(H,26,28). The molecule has 29 heavy (non-hydrogen) atoms. The second-order valence-corrected chi connectivity index (χ2v) is 7.21. The van der Waals surface area contributed by atoms with Crippen LogP contribution in [0.3, 0.4) is 0 Å². The first-order valence-corrected chi connectivity index (χ1v) is 9.71. The van der Waals surface area contributed by atoms with Gasteiger partial charge in [0, 0.05) is 11.7 Å². The molecule has 0 aromatic heterocycles. The van der Waals surface area contributed by atoms with Gasteiger partial charge in [-0.25, -0.2) is 0 Å². The van der Waals surface area contributed by atoms with Crippen molar-refractivity contribution in [1.29, 1.82) is 0 Å². The Morgan fingerprint density at radius 3 is 2.31 bits per heavy atom. The molecule has 1 saturated carbocycles. The number of para-hydroxylation sites is 2. The van der Waals surface area contributed by atoms with E-state index in [-0.39, 0.29) is 22.9 Å². The van der Waals surface area contributed by atoms with Crippen LogP contribution in [0, 0.1) is 0 Å². The summed E-state index contributed by atoms with van der Waals surface area (Å²) in [6, 6.07) is 21.3. The molecule has 0 atom stereocenters. The summed E-state index contributed by atoms with van der Waals surface area (Å²) in [6.07, 6.45) is 2.00. The lowest BCUT2D eigenvalue weighted by molar-refractivity contribution is 0.0950. The summed E-state index contributed by atoms with van der Waals surface area (Å²) in [7, 11) is 0. The van der Waals surface area contributed by atoms with Gasteiger partial charge in [0.05, 0.1) is 16.1 Å². The van der Waals surface area contributed by atoms with Crippen molar-refractivity contribution in [2.24, 2.45) is 0 Å². The number of amides is 2. The molecule has 0 unspecified atom stereocenters. The predicted octanol–water partition coefficient (Wildman–Crippen LogP) is 5.28. The third-order valence-electron chi connectivity index (χ3n) is 4.49. The van der Waals surface area contributed by atoms with Gasteiger partial charge < -0.3 is 15.4 Å². The summed E-state index contributed by atoms with van der Waals surface area (Å²) in [6.45, 7) is 0. The number of benzene rings is 3. The van der Waals surface area contributed by atoms with Crippen LogP contribution in [-0.2, 0) is 0 Å². The highest BCUT2D eigenvalue weighted by atomic mass is 35.5. The van der Waals surface area contributed by atoms with Gasteiger partial charge in [-0.2, -0.15) is 0 Å². The monoisotopic (exact) mass is 406 g/mol. The molecule has 0 bridgehead atoms. The van der Waals surface area contributed by atoms with Crippen LogP contribution < -0.4 is 15.4 Å². The SMILES string of the molecule is O=C(NC1CC1)c1ccc(NC(=O)c2ccccc2Oc2ccccc2)cc1Cl. The Kier molecular flexibility index (Phi) is 5.49. The van der Waals surface area contributed by atoms with Gasteiger partial charge in [-0.05, 0) is 55.3 Å². The van der Waals surface area contributed by atoms with Crippen molar-refractivity contribution in [2.75, 3.05) is 5.32 Å². The molecule has 0 spiro atoms. The normalized spacial score (nSPS) is 12.9. The molecule has 6 heteroatoms. The van der Waals surface area contributed by atoms with Gasteiger partial charge in [-0.3, -0.25) is 9.59 Å². The summed E-state index contributed by atoms with van der Waals surface area (Å²) in [5.41, 5.74) is 1.28. The van der Waals surface area contributed by atoms with E-state index in [0.717, 1.165) is 12.8 Å². The first-order valence-electron chi connectivity index (χ1n) is 9.34. The summed E-state index contributed by atoms with van der Waals surface area (Å²) >= 11 is 6.26. The fourth-order valence-corrected chi connectivity index (χ4v) is 3.09. The molecule has 3 aromatic rings. The van der Waals surface area contributed by atoms with Crippen molar-refractivity contribution >= 4 is 29.1 Å². The lowest BCUT2D eigenvalue weighted by atomic mass is 10.1. The molecule has 0 heterocycles. The average molecular weight is 407 g/mol. The van der Waals surface area contributed by atoms with Gasteiger partial charge in [-0.1, -0.05) is 41.9 Å². The second kappa shape index (κ2) is 8.37. The molecular formula is C23H19ClN2O3. The van der Waals surface area contributed by atoms with Crippen molar-refractivity contribution < 1.29 is 14.3 Å². The number of carbonyl (C=O) groups is 2. The molecule has 4 rings (SSSR count). The topological polar surface area (TPSA) is 67.4 Å². The minimum atomic E-state index is -0.331. The fourth-order valence-electron chi connectivity index (χ4n) is 2.82. The summed E-state index contributed by atoms with van der Waals surface area (Å²) in [5.74, 6) is 0.560. The molecule has 0 saturated heterocycles. The fraction of sp³-hybridized carbons (Fsp3) is 0.130. The molecule has 5 nitrogen and oxygen atoms in total. The summed E-state index contributed by atoms with van der Waals surface area (Å²) in [5, 5.41) is 6.00. The molecular weight excluding hydrogens is 388 g/mol. The Morgan fingerprint density at radius 1 is 0.862 bits per heavy atom. The van der Waals surface area contributed by atoms with E-state index >= 15 is 0 Å². The van der Waals surface area contributed by atoms with Gasteiger partial charge in [0.25, 0.3) is 11.8 Å². The molecule has 1 aliphatic carbocycles. The zero-order valence-electron chi connectivity index (χ0n) is 15.5. The van der Waals surface area contributed by atoms with Gasteiger partial charge in [0.15, 0.2) is 0 Å². The van der Waals surface area contributed by atoms with Crippen LogP contribution >= 0.6 is 11.6 Å². The van der Waals surface area contributed by atoms with Crippen LogP contribution in [0.2, 0.25) is 5.02 Å². The first kappa shape index (κ1) is 19.0. The largest absolute Gasteiger partial charge is 0.457 e. The Morgan fingerprint density at radius 2 is 1.59 bits per heavy atom. The third-order valence-corrected chi connectivity index (χ3v) is 4.80. The average Bonchev–Trinajstić information content (AvgIpc) is 3.53. The van der Waals surface area contributed by atoms with Gasteiger partial charge in [0.1, 0.15) is 11.5 Å². The predicted molar refractivity (Wildman–Crippen MR) is 113 cm³/mol. The number of nitrogens with one attached hydrogen (secondary N) is 2. The zero-order valence-corrected chi connectivity index (χ0v) is 16.3. The summed E-state index contributed by atoms with van der Waals surface area (Å²) in [4.78, 5) is 25.0. The molecule has 1 fully saturated rings. The number of carbonyl (C=O) groups excluding carboxylic acids is 2. The molecule has 3 aromatic carbocycles. The first-order chi connectivity index (χ1) is 14.1. The number of anilines is 1. The van der Waals surface area contributed by atoms with Crippen molar-refractivity contribution in [3.05, 3.63) is 88.9 Å². The second-order valence-electron chi connectivity index (χ2n) is 6.81. The number of ether oxygens (including phenoxy) is 1. The van der Waals surface area contributed by atoms with Crippen LogP contribution in [0.5, 0.6) is 11.5 Å². The molecule has 0 radical (unpaired) electrons. The van der Waals surface area contributed by atoms with Crippen molar-refractivity contribution in [1.82, 2.24) is 5.32 Å². The third kappa shape index (κ3) is 4.76. The smallest absolute Gasteiger partial charge is 0.259 e. The van der Waals surface area contributed by atoms with Gasteiger partial charge >= 0.3 is 0 Å². The van der Waals surface area contributed by atoms with Crippen molar-refractivity contribution in [2.45, 2.75) is 18.9 Å². The van der Waals surface area contributed by atoms with Gasteiger partial charge in [0.2, 0.25) is 0 Å². The Labute approximate surface area is 173 Å². The number of halogens is 1. The Hall–Kier alpha value is -3.31. The number of hydrogen-bond donors (Lipinski definition) is 2. The maximum atomic E-state index is 12.8. The van der Waals surface area contributed by atoms with Gasteiger partial charge in [-0.15, -0.1) is 0 Å². The van der Waals surface area contributed by atoms with Crippen LogP contribution in [-0.4, -0.2) is 17.9 Å². The van der Waals surface area contributed by atoms with Crippen LogP contribution in [0.4, 0.5) is 5.69 Å². The Bertz CT molecular complexity index is 1050. The number of hydrogen-bond acceptors (Lipinski definition) is 3. The van der Waals surface area contributed by atoms with E-state index in [9.17, 15) is 9.59 Å². The van der Waals surface area contributed by atoms with E-state index < -0.39 is 0 Å². The zero-order chi connectivity index (χ0) is 20.2. The molecule has 2 N–H and O–H groups in total. The maximum absolute atomic E-state index is 12.8. The van der Waals surface area contributed by atoms with Crippen LogP contribution in [0.15, 0.2) is 72.8 Å². The van der Waals surface area contributed by atoms with Crippen LogP contribution in [0.1, 0.15) is 33.6 Å². The number of rotatable bonds is 6. The lowest BCUT2D eigenvalue weighted by Gasteiger charge is -2.12. The Balaban J connectivity index is 1.49. The highest BCUT2D eigenvalue weighted by molar-refractivity contribution is 6.34. The molecule has 146 valence electrons. The van der Waals surface area contributed by atoms with Crippen LogP contribution in [0.25, 0.3) is 0 Å². The quantitative estimate of drug-likeness (QED) is 0.585. The summed E-state index contributed by atoms with van der Waals surface area (Å²) < 4.78 is 5.85. The highest BCUT2D eigenvalue weighted by Crippen LogP contribution is 2.27. The van der Waals surface area contributed by atoms with E-state index in [1.165, 1.54) is 0 Å². The van der Waals surface area contributed by atoms with E-state index in [2.05, 4.69) is 10.6 Å². The van der Waals surface area contributed by atoms with Crippen molar-refractivity contribution in [3.63, 3.8) is 0 Å². The highest BCUT2D eigenvalue weighted by Gasteiger charge is 2.24. The van der Waals surface area contributed by atoms with Crippen molar-refractivity contribution in [3.8, 4) is 11.5 Å². The minimum absolute atomic E-state index is 0.197. The van der Waals surface area contributed by atoms with E-state index in [0.29, 0.717) is 28.3 Å². The molecule has 0 aliphatic heterocycles. The lowest BCUT2D eigenvalue weighted by Crippen LogP contribution is -2.25. The minimum Gasteiger partial charge on any atom is -0.457 e.